The van der Waals surface area contributed by atoms with E-state index in [2.05, 4.69) is 39.6 Å². The predicted octanol–water partition coefficient (Wildman–Crippen LogP) is 2.99. The number of hydrogen-bond acceptors (Lipinski definition) is 3. The smallest absolute Gasteiger partial charge is 0.227 e. The minimum Gasteiger partial charge on any atom is -0.356 e. The van der Waals surface area contributed by atoms with Crippen molar-refractivity contribution in [2.45, 2.75) is 52.0 Å². The number of amides is 1. The number of nitrogens with one attached hydrogen (secondary N) is 2. The molecule has 2 aliphatic heterocycles. The Kier molecular flexibility index (Phi) is 8.35. The maximum Gasteiger partial charge on any atom is 0.227 e. The van der Waals surface area contributed by atoms with E-state index in [0.29, 0.717) is 6.42 Å². The lowest BCUT2D eigenvalue weighted by Crippen LogP contribution is -2.38. The number of aliphatic imine (C=N–C) groups is 1. The first kappa shape index (κ1) is 21.6. The third kappa shape index (κ3) is 6.74. The lowest BCUT2D eigenvalue weighted by Gasteiger charge is -2.30. The molecule has 0 spiro atoms. The summed E-state index contributed by atoms with van der Waals surface area (Å²) in [5, 5.41) is 6.79. The van der Waals surface area contributed by atoms with Gasteiger partial charge in [-0.15, -0.1) is 0 Å². The van der Waals surface area contributed by atoms with Crippen molar-refractivity contribution >= 4 is 17.6 Å². The molecule has 6 nitrogen and oxygen atoms in total. The number of nitrogens with zero attached hydrogens (tertiary/aromatic N) is 3. The van der Waals surface area contributed by atoms with Gasteiger partial charge in [-0.05, 0) is 68.8 Å². The molecule has 2 fully saturated rings. The highest BCUT2D eigenvalue weighted by Gasteiger charge is 2.21. The third-order valence-corrected chi connectivity index (χ3v) is 5.94. The van der Waals surface area contributed by atoms with Gasteiger partial charge in [-0.1, -0.05) is 19.1 Å². The second-order valence-corrected chi connectivity index (χ2v) is 8.42. The molecular weight excluding hydrogens is 362 g/mol. The Bertz CT molecular complexity index is 672. The number of benzene rings is 1. The van der Waals surface area contributed by atoms with Crippen LogP contribution in [0.25, 0.3) is 0 Å². The Labute approximate surface area is 175 Å². The molecule has 0 radical (unpaired) electrons. The fourth-order valence-electron chi connectivity index (χ4n) is 4.28. The van der Waals surface area contributed by atoms with Gasteiger partial charge in [0.2, 0.25) is 5.91 Å². The maximum absolute atomic E-state index is 11.9. The molecule has 160 valence electrons. The van der Waals surface area contributed by atoms with Crippen molar-refractivity contribution in [3.05, 3.63) is 29.8 Å². The predicted molar refractivity (Wildman–Crippen MR) is 120 cm³/mol. The van der Waals surface area contributed by atoms with Gasteiger partial charge in [0, 0.05) is 45.3 Å². The Morgan fingerprint density at radius 2 is 1.97 bits per heavy atom. The van der Waals surface area contributed by atoms with Crippen LogP contribution in [-0.4, -0.2) is 56.5 Å². The second-order valence-electron chi connectivity index (χ2n) is 8.42. The number of unbranched alkanes of at least 4 members (excludes halogenated alkanes) is 1. The molecule has 3 rings (SSSR count). The highest BCUT2D eigenvalue weighted by atomic mass is 16.2. The van der Waals surface area contributed by atoms with E-state index in [0.717, 1.165) is 50.0 Å². The van der Waals surface area contributed by atoms with Crippen molar-refractivity contribution in [2.75, 3.05) is 44.7 Å². The van der Waals surface area contributed by atoms with Crippen molar-refractivity contribution in [2.24, 2.45) is 10.9 Å². The van der Waals surface area contributed by atoms with Crippen LogP contribution in [0.3, 0.4) is 0 Å². The van der Waals surface area contributed by atoms with E-state index >= 15 is 0 Å². The molecule has 1 aromatic carbocycles. The summed E-state index contributed by atoms with van der Waals surface area (Å²) in [7, 11) is 1.81. The van der Waals surface area contributed by atoms with E-state index < -0.39 is 0 Å². The number of rotatable bonds is 8. The molecule has 0 saturated carbocycles. The molecule has 0 aromatic heterocycles. The number of anilines is 1. The molecule has 1 unspecified atom stereocenters. The molecule has 1 aromatic rings. The van der Waals surface area contributed by atoms with E-state index in [-0.39, 0.29) is 5.91 Å². The molecule has 1 atom stereocenters. The number of guanidine groups is 1. The first-order valence-electron chi connectivity index (χ1n) is 11.2. The number of hydrogen-bond donors (Lipinski definition) is 2. The minimum absolute atomic E-state index is 0.232. The van der Waals surface area contributed by atoms with Gasteiger partial charge < -0.3 is 20.4 Å². The molecular formula is C23H37N5O. The van der Waals surface area contributed by atoms with Crippen LogP contribution >= 0.6 is 0 Å². The number of piperidine rings is 1. The van der Waals surface area contributed by atoms with Crippen LogP contribution in [0.4, 0.5) is 5.69 Å². The Morgan fingerprint density at radius 1 is 1.14 bits per heavy atom. The second kappa shape index (κ2) is 11.2. The Balaban J connectivity index is 1.32. The van der Waals surface area contributed by atoms with Gasteiger partial charge >= 0.3 is 0 Å². The Hall–Kier alpha value is -2.08. The molecule has 29 heavy (non-hydrogen) atoms. The summed E-state index contributed by atoms with van der Waals surface area (Å²) in [5.41, 5.74) is 2.18. The van der Waals surface area contributed by atoms with Gasteiger partial charge in [-0.2, -0.15) is 0 Å². The van der Waals surface area contributed by atoms with Crippen molar-refractivity contribution in [1.29, 1.82) is 0 Å². The fraction of sp³-hybridized carbons (Fsp3) is 0.652. The third-order valence-electron chi connectivity index (χ3n) is 5.94. The van der Waals surface area contributed by atoms with Crippen LogP contribution < -0.4 is 15.5 Å². The monoisotopic (exact) mass is 399 g/mol. The molecule has 2 N–H and O–H groups in total. The molecule has 0 bridgehead atoms. The fourth-order valence-corrected chi connectivity index (χ4v) is 4.28. The highest BCUT2D eigenvalue weighted by Crippen LogP contribution is 2.21. The zero-order valence-corrected chi connectivity index (χ0v) is 18.1. The van der Waals surface area contributed by atoms with Gasteiger partial charge in [0.25, 0.3) is 0 Å². The maximum atomic E-state index is 11.9. The first-order valence-corrected chi connectivity index (χ1v) is 11.2. The zero-order valence-electron chi connectivity index (χ0n) is 18.1. The summed E-state index contributed by atoms with van der Waals surface area (Å²) < 4.78 is 0. The molecule has 2 saturated heterocycles. The van der Waals surface area contributed by atoms with Crippen LogP contribution in [0.5, 0.6) is 0 Å². The molecule has 2 heterocycles. The average Bonchev–Trinajstić information content (AvgIpc) is 3.16. The van der Waals surface area contributed by atoms with Crippen LogP contribution in [0.1, 0.15) is 51.0 Å². The minimum atomic E-state index is 0.232. The van der Waals surface area contributed by atoms with Gasteiger partial charge in [0.1, 0.15) is 0 Å². The summed E-state index contributed by atoms with van der Waals surface area (Å²) in [5.74, 6) is 1.93. The van der Waals surface area contributed by atoms with E-state index in [1.807, 2.05) is 24.1 Å². The van der Waals surface area contributed by atoms with Crippen molar-refractivity contribution < 1.29 is 4.79 Å². The highest BCUT2D eigenvalue weighted by molar-refractivity contribution is 5.95. The normalized spacial score (nSPS) is 20.9. The molecule has 6 heteroatoms. The van der Waals surface area contributed by atoms with Crippen molar-refractivity contribution in [3.63, 3.8) is 0 Å². The SMILES string of the molecule is CN=C(NCCCCN1CCCC(C)C1)NCc1ccc(N2CCCC2=O)cc1. The van der Waals surface area contributed by atoms with E-state index in [1.54, 1.807) is 0 Å². The quantitative estimate of drug-likeness (QED) is 0.401. The molecule has 0 aliphatic carbocycles. The van der Waals surface area contributed by atoms with Gasteiger partial charge in [0.15, 0.2) is 5.96 Å². The van der Waals surface area contributed by atoms with E-state index in [1.165, 1.54) is 44.5 Å². The van der Waals surface area contributed by atoms with Gasteiger partial charge in [-0.3, -0.25) is 9.79 Å². The van der Waals surface area contributed by atoms with Gasteiger partial charge in [-0.25, -0.2) is 0 Å². The number of carbonyl (C=O) groups excluding carboxylic acids is 1. The van der Waals surface area contributed by atoms with Crippen LogP contribution in [0, 0.1) is 5.92 Å². The first-order chi connectivity index (χ1) is 14.2. The van der Waals surface area contributed by atoms with Crippen molar-refractivity contribution in [3.8, 4) is 0 Å². The van der Waals surface area contributed by atoms with E-state index in [4.69, 9.17) is 0 Å². The van der Waals surface area contributed by atoms with Crippen LogP contribution in [0.15, 0.2) is 29.3 Å². The molecule has 2 aliphatic rings. The van der Waals surface area contributed by atoms with Gasteiger partial charge in [0.05, 0.1) is 0 Å². The lowest BCUT2D eigenvalue weighted by molar-refractivity contribution is -0.117. The summed E-state index contributed by atoms with van der Waals surface area (Å²) >= 11 is 0. The standard InChI is InChI=1S/C23H37N5O/c1-19-7-5-15-27(18-19)14-4-3-13-25-23(24-2)26-17-20-9-11-21(12-10-20)28-16-6-8-22(28)29/h9-12,19H,3-8,13-18H2,1-2H3,(H2,24,25,26). The van der Waals surface area contributed by atoms with Crippen molar-refractivity contribution in [1.82, 2.24) is 15.5 Å². The summed E-state index contributed by atoms with van der Waals surface area (Å²) in [4.78, 5) is 20.7. The summed E-state index contributed by atoms with van der Waals surface area (Å²) in [6.07, 6.45) is 6.76. The number of likely N-dealkylation sites (tertiary alicyclic amines) is 1. The lowest BCUT2D eigenvalue weighted by atomic mass is 10.0. The Morgan fingerprint density at radius 3 is 2.66 bits per heavy atom. The zero-order chi connectivity index (χ0) is 20.5. The molecule has 1 amide bonds. The number of carbonyl (C=O) groups is 1. The van der Waals surface area contributed by atoms with E-state index in [9.17, 15) is 4.79 Å². The summed E-state index contributed by atoms with van der Waals surface area (Å²) in [6, 6.07) is 8.25. The largest absolute Gasteiger partial charge is 0.356 e. The average molecular weight is 400 g/mol. The summed E-state index contributed by atoms with van der Waals surface area (Å²) in [6.45, 7) is 8.61. The van der Waals surface area contributed by atoms with Crippen LogP contribution in [0.2, 0.25) is 0 Å². The topological polar surface area (TPSA) is 60.0 Å². The van der Waals surface area contributed by atoms with Crippen LogP contribution in [-0.2, 0) is 11.3 Å².